The molecule has 0 aliphatic carbocycles. The molecule has 0 atom stereocenters. The largest absolute Gasteiger partial charge is 0.493 e. The van der Waals surface area contributed by atoms with E-state index >= 15 is 0 Å². The topological polar surface area (TPSA) is 111 Å². The maximum atomic E-state index is 12.2. The molecule has 1 amide bonds. The summed E-state index contributed by atoms with van der Waals surface area (Å²) < 4.78 is 7.73. The van der Waals surface area contributed by atoms with Crippen molar-refractivity contribution in [2.75, 3.05) is 5.32 Å². The summed E-state index contributed by atoms with van der Waals surface area (Å²) in [5.74, 6) is 0.125. The Morgan fingerprint density at radius 1 is 1.24 bits per heavy atom. The molecular formula is C20H23N5O4. The van der Waals surface area contributed by atoms with E-state index in [9.17, 15) is 14.7 Å². The molecule has 0 saturated heterocycles. The standard InChI is InChI=1S/C20H23N5O4/c1-20(2,3)29-18(27)22-14-10-21-15(11-25-16(26)12-24(4)19(25)28)23-17(14)13-8-6-5-7-9-13/h5-10,12,26H,11H2,1-4H3,(H,22,27). The van der Waals surface area contributed by atoms with Crippen molar-refractivity contribution in [3.05, 3.63) is 59.0 Å². The summed E-state index contributed by atoms with van der Waals surface area (Å²) in [6, 6.07) is 9.26. The highest BCUT2D eigenvalue weighted by atomic mass is 16.6. The van der Waals surface area contributed by atoms with Crippen molar-refractivity contribution in [1.82, 2.24) is 19.1 Å². The number of nitrogens with one attached hydrogen (secondary N) is 1. The number of hydrogen-bond acceptors (Lipinski definition) is 6. The molecule has 0 spiro atoms. The summed E-state index contributed by atoms with van der Waals surface area (Å²) in [4.78, 5) is 33.1. The van der Waals surface area contributed by atoms with Gasteiger partial charge in [-0.2, -0.15) is 0 Å². The zero-order valence-electron chi connectivity index (χ0n) is 16.7. The summed E-state index contributed by atoms with van der Waals surface area (Å²) >= 11 is 0. The highest BCUT2D eigenvalue weighted by Gasteiger charge is 2.19. The van der Waals surface area contributed by atoms with Crippen LogP contribution in [0.25, 0.3) is 11.3 Å². The van der Waals surface area contributed by atoms with Gasteiger partial charge in [0.1, 0.15) is 11.4 Å². The zero-order chi connectivity index (χ0) is 21.2. The van der Waals surface area contributed by atoms with Crippen LogP contribution < -0.4 is 11.0 Å². The van der Waals surface area contributed by atoms with Gasteiger partial charge in [-0.3, -0.25) is 14.5 Å². The lowest BCUT2D eigenvalue weighted by molar-refractivity contribution is 0.0636. The van der Waals surface area contributed by atoms with Crippen molar-refractivity contribution < 1.29 is 14.6 Å². The van der Waals surface area contributed by atoms with Crippen molar-refractivity contribution in [2.45, 2.75) is 32.9 Å². The Morgan fingerprint density at radius 2 is 1.93 bits per heavy atom. The van der Waals surface area contributed by atoms with Crippen LogP contribution >= 0.6 is 0 Å². The first-order valence-electron chi connectivity index (χ1n) is 9.00. The molecule has 0 bridgehead atoms. The van der Waals surface area contributed by atoms with Crippen LogP contribution in [0.15, 0.2) is 47.5 Å². The lowest BCUT2D eigenvalue weighted by atomic mass is 10.1. The fourth-order valence-corrected chi connectivity index (χ4v) is 2.69. The minimum Gasteiger partial charge on any atom is -0.493 e. The molecule has 2 heterocycles. The van der Waals surface area contributed by atoms with Gasteiger partial charge in [-0.05, 0) is 20.8 Å². The van der Waals surface area contributed by atoms with E-state index in [1.807, 2.05) is 30.3 Å². The molecule has 3 rings (SSSR count). The number of aryl methyl sites for hydroxylation is 1. The Morgan fingerprint density at radius 3 is 2.52 bits per heavy atom. The monoisotopic (exact) mass is 397 g/mol. The molecule has 0 unspecified atom stereocenters. The van der Waals surface area contributed by atoms with Gasteiger partial charge in [0.05, 0.1) is 30.3 Å². The Balaban J connectivity index is 1.97. The minimum atomic E-state index is -0.649. The molecule has 0 radical (unpaired) electrons. The average Bonchev–Trinajstić information content (AvgIpc) is 2.88. The van der Waals surface area contributed by atoms with Crippen LogP contribution in [0.3, 0.4) is 0 Å². The minimum absolute atomic E-state index is 0.0158. The van der Waals surface area contributed by atoms with E-state index in [2.05, 4.69) is 15.3 Å². The highest BCUT2D eigenvalue weighted by molar-refractivity contribution is 5.90. The molecule has 0 saturated carbocycles. The van der Waals surface area contributed by atoms with Gasteiger partial charge in [-0.1, -0.05) is 30.3 Å². The maximum Gasteiger partial charge on any atom is 0.412 e. The van der Waals surface area contributed by atoms with Crippen molar-refractivity contribution in [2.24, 2.45) is 7.05 Å². The molecule has 1 aromatic carbocycles. The predicted octanol–water partition coefficient (Wildman–Crippen LogP) is 2.74. The van der Waals surface area contributed by atoms with Crippen LogP contribution in [0.2, 0.25) is 0 Å². The summed E-state index contributed by atoms with van der Waals surface area (Å²) in [5, 5.41) is 12.6. The number of benzene rings is 1. The normalized spacial score (nSPS) is 11.3. The van der Waals surface area contributed by atoms with Crippen LogP contribution in [-0.4, -0.2) is 35.9 Å². The Labute approximate surface area is 167 Å². The molecule has 3 aromatic rings. The Kier molecular flexibility index (Phi) is 5.40. The number of amides is 1. The number of carbonyl (C=O) groups excluding carboxylic acids is 1. The average molecular weight is 397 g/mol. The van der Waals surface area contributed by atoms with Gasteiger partial charge in [0.2, 0.25) is 5.88 Å². The number of carbonyl (C=O) groups is 1. The number of rotatable bonds is 4. The predicted molar refractivity (Wildman–Crippen MR) is 108 cm³/mol. The zero-order valence-corrected chi connectivity index (χ0v) is 16.7. The van der Waals surface area contributed by atoms with Gasteiger partial charge in [-0.15, -0.1) is 0 Å². The number of imidazole rings is 1. The molecule has 152 valence electrons. The van der Waals surface area contributed by atoms with Gasteiger partial charge in [0.15, 0.2) is 0 Å². The van der Waals surface area contributed by atoms with Crippen LogP contribution in [0.4, 0.5) is 10.5 Å². The van der Waals surface area contributed by atoms with Gasteiger partial charge in [-0.25, -0.2) is 19.6 Å². The van der Waals surface area contributed by atoms with Crippen molar-refractivity contribution in [3.8, 4) is 17.1 Å². The quantitative estimate of drug-likeness (QED) is 0.700. The second-order valence-corrected chi connectivity index (χ2v) is 7.51. The molecule has 0 aliphatic rings. The van der Waals surface area contributed by atoms with Crippen molar-refractivity contribution >= 4 is 11.8 Å². The summed E-state index contributed by atoms with van der Waals surface area (Å²) in [7, 11) is 1.54. The fourth-order valence-electron chi connectivity index (χ4n) is 2.69. The number of aromatic hydroxyl groups is 1. The Hall–Kier alpha value is -3.62. The SMILES string of the molecule is Cn1cc(O)n(Cc2ncc(NC(=O)OC(C)(C)C)c(-c3ccccc3)n2)c1=O. The van der Waals surface area contributed by atoms with E-state index in [-0.39, 0.29) is 18.1 Å². The van der Waals surface area contributed by atoms with Crippen LogP contribution in [0, 0.1) is 0 Å². The van der Waals surface area contributed by atoms with E-state index < -0.39 is 11.7 Å². The number of ether oxygens (including phenoxy) is 1. The van der Waals surface area contributed by atoms with E-state index in [1.165, 1.54) is 17.0 Å². The van der Waals surface area contributed by atoms with Crippen molar-refractivity contribution in [1.29, 1.82) is 0 Å². The molecular weight excluding hydrogens is 374 g/mol. The fraction of sp³-hybridized carbons (Fsp3) is 0.300. The molecule has 2 N–H and O–H groups in total. The number of anilines is 1. The van der Waals surface area contributed by atoms with Crippen molar-refractivity contribution in [3.63, 3.8) is 0 Å². The number of nitrogens with zero attached hydrogens (tertiary/aromatic N) is 4. The van der Waals surface area contributed by atoms with Gasteiger partial charge in [0, 0.05) is 12.6 Å². The van der Waals surface area contributed by atoms with E-state index in [0.717, 1.165) is 10.1 Å². The first-order valence-corrected chi connectivity index (χ1v) is 9.00. The molecule has 29 heavy (non-hydrogen) atoms. The molecule has 9 nitrogen and oxygen atoms in total. The lowest BCUT2D eigenvalue weighted by Crippen LogP contribution is -2.27. The summed E-state index contributed by atoms with van der Waals surface area (Å²) in [5.41, 5.74) is 0.572. The smallest absolute Gasteiger partial charge is 0.412 e. The van der Waals surface area contributed by atoms with E-state index in [0.29, 0.717) is 17.2 Å². The van der Waals surface area contributed by atoms with E-state index in [4.69, 9.17) is 4.74 Å². The van der Waals surface area contributed by atoms with Crippen LogP contribution in [-0.2, 0) is 18.3 Å². The molecule has 0 aliphatic heterocycles. The highest BCUT2D eigenvalue weighted by Crippen LogP contribution is 2.26. The number of aromatic nitrogens is 4. The lowest BCUT2D eigenvalue weighted by Gasteiger charge is -2.20. The third kappa shape index (κ3) is 4.81. The molecule has 0 fully saturated rings. The van der Waals surface area contributed by atoms with Gasteiger partial charge in [0.25, 0.3) is 0 Å². The van der Waals surface area contributed by atoms with Crippen LogP contribution in [0.5, 0.6) is 5.88 Å². The molecule has 9 heteroatoms. The maximum absolute atomic E-state index is 12.2. The third-order valence-electron chi connectivity index (χ3n) is 3.94. The van der Waals surface area contributed by atoms with E-state index in [1.54, 1.807) is 27.8 Å². The third-order valence-corrected chi connectivity index (χ3v) is 3.94. The Bertz CT molecular complexity index is 1080. The summed E-state index contributed by atoms with van der Waals surface area (Å²) in [6.07, 6.45) is 2.15. The molecule has 2 aromatic heterocycles. The first kappa shape index (κ1) is 20.1. The van der Waals surface area contributed by atoms with Gasteiger partial charge < -0.3 is 9.84 Å². The van der Waals surface area contributed by atoms with Crippen LogP contribution in [0.1, 0.15) is 26.6 Å². The summed E-state index contributed by atoms with van der Waals surface area (Å²) in [6.45, 7) is 5.30. The second-order valence-electron chi connectivity index (χ2n) is 7.51. The second kappa shape index (κ2) is 7.78. The van der Waals surface area contributed by atoms with Gasteiger partial charge >= 0.3 is 11.8 Å². The first-order chi connectivity index (χ1) is 13.6. The number of hydrogen-bond donors (Lipinski definition) is 2.